The second-order valence-electron chi connectivity index (χ2n) is 3.85. The van der Waals surface area contributed by atoms with Crippen molar-refractivity contribution in [3.05, 3.63) is 17.3 Å². The molecular weight excluding hydrogens is 324 g/mol. The fourth-order valence-corrected chi connectivity index (χ4v) is 1.39. The molecule has 1 rings (SSSR count). The van der Waals surface area contributed by atoms with Crippen molar-refractivity contribution in [1.29, 1.82) is 0 Å². The molecule has 0 aliphatic carbocycles. The van der Waals surface area contributed by atoms with Crippen molar-refractivity contribution in [2.45, 2.75) is 25.9 Å². The van der Waals surface area contributed by atoms with Crippen LogP contribution in [0.25, 0.3) is 0 Å². The van der Waals surface area contributed by atoms with Gasteiger partial charge >= 0.3 is 18.5 Å². The van der Waals surface area contributed by atoms with Crippen molar-refractivity contribution in [2.75, 3.05) is 6.61 Å². The van der Waals surface area contributed by atoms with Crippen molar-refractivity contribution in [1.82, 2.24) is 4.98 Å². The maximum absolute atomic E-state index is 12.6. The number of rotatable bonds is 4. The van der Waals surface area contributed by atoms with E-state index in [1.165, 1.54) is 6.92 Å². The number of halogens is 6. The first kappa shape index (κ1) is 17.9. The Labute approximate surface area is 119 Å². The zero-order valence-electron chi connectivity index (χ0n) is 10.9. The molecule has 0 fully saturated rings. The summed E-state index contributed by atoms with van der Waals surface area (Å²) in [4.78, 5) is 13.8. The van der Waals surface area contributed by atoms with Crippen LogP contribution in [0, 0.1) is 0 Å². The summed E-state index contributed by atoms with van der Waals surface area (Å²) in [5.74, 6) is -4.05. The second-order valence-corrected chi connectivity index (χ2v) is 3.85. The predicted molar refractivity (Wildman–Crippen MR) is 57.9 cm³/mol. The Kier molecular flexibility index (Phi) is 5.09. The lowest BCUT2D eigenvalue weighted by atomic mass is 10.1. The van der Waals surface area contributed by atoms with E-state index in [-0.39, 0.29) is 12.7 Å². The quantitative estimate of drug-likeness (QED) is 0.678. The molecule has 0 atom stereocenters. The predicted octanol–water partition coefficient (Wildman–Crippen LogP) is 2.81. The second kappa shape index (κ2) is 6.28. The molecule has 0 bridgehead atoms. The van der Waals surface area contributed by atoms with E-state index in [9.17, 15) is 36.2 Å². The molecule has 0 spiro atoms. The number of carbonyl (C=O) groups is 1. The van der Waals surface area contributed by atoms with E-state index >= 15 is 0 Å². The average molecular weight is 333 g/mol. The zero-order chi connectivity index (χ0) is 17.1. The first-order valence-electron chi connectivity index (χ1n) is 5.65. The van der Waals surface area contributed by atoms with E-state index < -0.39 is 47.8 Å². The van der Waals surface area contributed by atoms with Crippen molar-refractivity contribution in [3.8, 4) is 11.6 Å². The number of carbonyl (C=O) groups excluding carboxylic acids is 1. The monoisotopic (exact) mass is 333 g/mol. The number of ether oxygens (including phenoxy) is 2. The summed E-state index contributed by atoms with van der Waals surface area (Å²) in [5, 5.41) is 9.50. The zero-order valence-corrected chi connectivity index (χ0v) is 10.9. The summed E-state index contributed by atoms with van der Waals surface area (Å²) < 4.78 is 81.8. The molecule has 1 heterocycles. The summed E-state index contributed by atoms with van der Waals surface area (Å²) in [5.41, 5.74) is -2.50. The van der Waals surface area contributed by atoms with Gasteiger partial charge in [-0.2, -0.15) is 13.2 Å². The van der Waals surface area contributed by atoms with E-state index in [0.717, 1.165) is 0 Å². The third-order valence-corrected chi connectivity index (χ3v) is 2.18. The van der Waals surface area contributed by atoms with Crippen molar-refractivity contribution in [2.24, 2.45) is 0 Å². The Morgan fingerprint density at radius 3 is 2.32 bits per heavy atom. The number of esters is 1. The molecule has 1 aromatic heterocycles. The average Bonchev–Trinajstić information content (AvgIpc) is 2.31. The van der Waals surface area contributed by atoms with Gasteiger partial charge in [0.05, 0.1) is 13.0 Å². The SMILES string of the molecule is CCOC(=O)Cc1cc(C(F)(F)F)nc(OC(F)(F)F)c1O. The summed E-state index contributed by atoms with van der Waals surface area (Å²) in [7, 11) is 0. The number of pyridine rings is 1. The highest BCUT2D eigenvalue weighted by molar-refractivity contribution is 5.74. The molecule has 22 heavy (non-hydrogen) atoms. The van der Waals surface area contributed by atoms with Gasteiger partial charge in [0.2, 0.25) is 0 Å². The van der Waals surface area contributed by atoms with Gasteiger partial charge in [0.25, 0.3) is 5.88 Å². The van der Waals surface area contributed by atoms with Gasteiger partial charge < -0.3 is 14.6 Å². The maximum atomic E-state index is 12.6. The van der Waals surface area contributed by atoms with Gasteiger partial charge in [0, 0.05) is 5.56 Å². The standard InChI is InChI=1S/C11H9F6NO4/c1-2-21-7(19)4-5-3-6(10(12,13)14)18-9(8(5)20)22-11(15,16)17/h3,20H,2,4H2,1H3. The van der Waals surface area contributed by atoms with Crippen LogP contribution in [-0.2, 0) is 22.1 Å². The van der Waals surface area contributed by atoms with E-state index in [2.05, 4.69) is 14.5 Å². The van der Waals surface area contributed by atoms with Crippen LogP contribution < -0.4 is 4.74 Å². The fraction of sp³-hybridized carbons (Fsp3) is 0.455. The third-order valence-electron chi connectivity index (χ3n) is 2.18. The summed E-state index contributed by atoms with van der Waals surface area (Å²) in [6.45, 7) is 1.33. The highest BCUT2D eigenvalue weighted by atomic mass is 19.4. The van der Waals surface area contributed by atoms with Gasteiger partial charge in [0.15, 0.2) is 5.75 Å². The smallest absolute Gasteiger partial charge is 0.503 e. The minimum Gasteiger partial charge on any atom is -0.503 e. The number of alkyl halides is 6. The molecule has 0 saturated heterocycles. The number of hydrogen-bond donors (Lipinski definition) is 1. The number of hydrogen-bond acceptors (Lipinski definition) is 5. The van der Waals surface area contributed by atoms with Crippen molar-refractivity contribution in [3.63, 3.8) is 0 Å². The lowest BCUT2D eigenvalue weighted by Gasteiger charge is -2.15. The molecule has 0 aliphatic heterocycles. The van der Waals surface area contributed by atoms with Gasteiger partial charge in [-0.15, -0.1) is 13.2 Å². The Bertz CT molecular complexity index is 555. The van der Waals surface area contributed by atoms with Gasteiger partial charge in [0.1, 0.15) is 5.69 Å². The molecule has 124 valence electrons. The van der Waals surface area contributed by atoms with E-state index in [0.29, 0.717) is 0 Å². The van der Waals surface area contributed by atoms with Crippen LogP contribution in [0.2, 0.25) is 0 Å². The topological polar surface area (TPSA) is 68.7 Å². The molecule has 0 saturated carbocycles. The minimum atomic E-state index is -5.37. The first-order chi connectivity index (χ1) is 9.94. The maximum Gasteiger partial charge on any atom is 0.574 e. The molecule has 1 aromatic rings. The van der Waals surface area contributed by atoms with Crippen LogP contribution in [0.1, 0.15) is 18.2 Å². The van der Waals surface area contributed by atoms with Gasteiger partial charge in [-0.3, -0.25) is 4.79 Å². The molecule has 0 amide bonds. The highest BCUT2D eigenvalue weighted by Crippen LogP contribution is 2.38. The largest absolute Gasteiger partial charge is 0.574 e. The molecule has 1 N–H and O–H groups in total. The highest BCUT2D eigenvalue weighted by Gasteiger charge is 2.38. The molecule has 0 aliphatic rings. The van der Waals surface area contributed by atoms with Gasteiger partial charge in [-0.05, 0) is 13.0 Å². The minimum absolute atomic E-state index is 0.0945. The molecule has 5 nitrogen and oxygen atoms in total. The van der Waals surface area contributed by atoms with E-state index in [1.54, 1.807) is 0 Å². The van der Waals surface area contributed by atoms with E-state index in [1.807, 2.05) is 0 Å². The molecule has 0 unspecified atom stereocenters. The molecular formula is C11H9F6NO4. The van der Waals surface area contributed by atoms with Crippen LogP contribution >= 0.6 is 0 Å². The molecule has 0 aromatic carbocycles. The molecule has 11 heteroatoms. The van der Waals surface area contributed by atoms with Gasteiger partial charge in [-0.1, -0.05) is 0 Å². The number of aromatic hydroxyl groups is 1. The van der Waals surface area contributed by atoms with Crippen LogP contribution in [0.15, 0.2) is 6.07 Å². The number of nitrogens with zero attached hydrogens (tertiary/aromatic N) is 1. The summed E-state index contributed by atoms with van der Waals surface area (Å²) in [6, 6.07) is 0.246. The van der Waals surface area contributed by atoms with Crippen LogP contribution in [0.3, 0.4) is 0 Å². The van der Waals surface area contributed by atoms with Crippen molar-refractivity contribution >= 4 is 5.97 Å². The fourth-order valence-electron chi connectivity index (χ4n) is 1.39. The van der Waals surface area contributed by atoms with Crippen LogP contribution in [0.5, 0.6) is 11.6 Å². The third kappa shape index (κ3) is 4.97. The Hall–Kier alpha value is -2.20. The Balaban J connectivity index is 3.30. The van der Waals surface area contributed by atoms with Crippen LogP contribution in [0.4, 0.5) is 26.3 Å². The Morgan fingerprint density at radius 1 is 1.27 bits per heavy atom. The lowest BCUT2D eigenvalue weighted by molar-refractivity contribution is -0.277. The van der Waals surface area contributed by atoms with E-state index in [4.69, 9.17) is 0 Å². The van der Waals surface area contributed by atoms with Crippen molar-refractivity contribution < 1.29 is 45.7 Å². The van der Waals surface area contributed by atoms with Crippen LogP contribution in [-0.4, -0.2) is 29.0 Å². The number of aromatic nitrogens is 1. The summed E-state index contributed by atoms with van der Waals surface area (Å²) in [6.07, 6.45) is -11.3. The summed E-state index contributed by atoms with van der Waals surface area (Å²) >= 11 is 0. The lowest BCUT2D eigenvalue weighted by Crippen LogP contribution is -2.20. The normalized spacial score (nSPS) is 12.1. The first-order valence-corrected chi connectivity index (χ1v) is 5.65. The Morgan fingerprint density at radius 2 is 1.86 bits per heavy atom. The van der Waals surface area contributed by atoms with Gasteiger partial charge in [-0.25, -0.2) is 4.98 Å². The molecule has 0 radical (unpaired) electrons.